The SMILES string of the molecule is CC(CCC(N)=O)C1CCC2C3CCC4CC(=O)CCC4(C)C3CCC12C. The summed E-state index contributed by atoms with van der Waals surface area (Å²) in [6, 6.07) is 0. The minimum Gasteiger partial charge on any atom is -0.370 e. The van der Waals surface area contributed by atoms with E-state index in [1.807, 2.05) is 0 Å². The first kappa shape index (κ1) is 19.5. The molecule has 0 radical (unpaired) electrons. The number of ketones is 1. The molecule has 4 fully saturated rings. The van der Waals surface area contributed by atoms with E-state index in [2.05, 4.69) is 20.8 Å². The third-order valence-corrected chi connectivity index (χ3v) is 10.1. The lowest BCUT2D eigenvalue weighted by atomic mass is 9.44. The normalized spacial score (nSPS) is 47.7. The van der Waals surface area contributed by atoms with Gasteiger partial charge in [-0.3, -0.25) is 9.59 Å². The zero-order valence-electron chi connectivity index (χ0n) is 17.6. The standard InChI is InChI=1S/C24H39NO2/c1-15(4-9-22(25)27)19-7-8-20-18-6-5-16-14-17(26)10-12-23(16,2)21(18)11-13-24(19,20)3/h15-16,18-21H,4-14H2,1-3H3,(H2,25,27). The van der Waals surface area contributed by atoms with Crippen LogP contribution in [0.15, 0.2) is 0 Å². The van der Waals surface area contributed by atoms with Gasteiger partial charge in [0.25, 0.3) is 0 Å². The Morgan fingerprint density at radius 3 is 2.56 bits per heavy atom. The van der Waals surface area contributed by atoms with Crippen LogP contribution in [0.1, 0.15) is 91.4 Å². The molecule has 0 aliphatic heterocycles. The molecule has 0 bridgehead atoms. The predicted octanol–water partition coefficient (Wildman–Crippen LogP) is 5.12. The Hall–Kier alpha value is -0.860. The van der Waals surface area contributed by atoms with Gasteiger partial charge in [-0.1, -0.05) is 20.8 Å². The van der Waals surface area contributed by atoms with Gasteiger partial charge in [-0.2, -0.15) is 0 Å². The lowest BCUT2D eigenvalue weighted by Crippen LogP contribution is -2.53. The third-order valence-electron chi connectivity index (χ3n) is 10.1. The summed E-state index contributed by atoms with van der Waals surface area (Å²) < 4.78 is 0. The van der Waals surface area contributed by atoms with Crippen molar-refractivity contribution in [1.29, 1.82) is 0 Å². The summed E-state index contributed by atoms with van der Waals surface area (Å²) in [5.41, 5.74) is 6.28. The number of fused-ring (bicyclic) bond motifs is 5. The topological polar surface area (TPSA) is 60.2 Å². The van der Waals surface area contributed by atoms with Gasteiger partial charge in [-0.25, -0.2) is 0 Å². The molecular formula is C24H39NO2. The van der Waals surface area contributed by atoms with Crippen molar-refractivity contribution in [3.8, 4) is 0 Å². The van der Waals surface area contributed by atoms with Crippen molar-refractivity contribution in [2.24, 2.45) is 52.1 Å². The number of carbonyl (C=O) groups excluding carboxylic acids is 2. The molecule has 4 saturated carbocycles. The molecule has 4 rings (SSSR count). The summed E-state index contributed by atoms with van der Waals surface area (Å²) in [5, 5.41) is 0. The second-order valence-corrected chi connectivity index (χ2v) is 11.1. The summed E-state index contributed by atoms with van der Waals surface area (Å²) in [6.07, 6.45) is 12.4. The van der Waals surface area contributed by atoms with Gasteiger partial charge in [0.15, 0.2) is 0 Å². The highest BCUT2D eigenvalue weighted by atomic mass is 16.1. The monoisotopic (exact) mass is 373 g/mol. The van der Waals surface area contributed by atoms with Crippen LogP contribution in [-0.2, 0) is 9.59 Å². The molecule has 0 spiro atoms. The number of primary amides is 1. The van der Waals surface area contributed by atoms with Gasteiger partial charge in [0.2, 0.25) is 5.91 Å². The van der Waals surface area contributed by atoms with Gasteiger partial charge in [-0.05, 0) is 97.7 Å². The van der Waals surface area contributed by atoms with Crippen LogP contribution in [0.3, 0.4) is 0 Å². The van der Waals surface area contributed by atoms with Gasteiger partial charge in [0, 0.05) is 19.3 Å². The molecule has 1 amide bonds. The average Bonchev–Trinajstić information content (AvgIpc) is 2.97. The molecule has 0 aromatic rings. The number of hydrogen-bond acceptors (Lipinski definition) is 2. The van der Waals surface area contributed by atoms with Crippen LogP contribution in [0.5, 0.6) is 0 Å². The van der Waals surface area contributed by atoms with E-state index in [1.165, 1.54) is 38.5 Å². The van der Waals surface area contributed by atoms with Crippen LogP contribution in [0.25, 0.3) is 0 Å². The van der Waals surface area contributed by atoms with Gasteiger partial charge in [-0.15, -0.1) is 0 Å². The largest absolute Gasteiger partial charge is 0.370 e. The van der Waals surface area contributed by atoms with Gasteiger partial charge < -0.3 is 5.73 Å². The molecule has 152 valence electrons. The Morgan fingerprint density at radius 1 is 1.07 bits per heavy atom. The van der Waals surface area contributed by atoms with E-state index < -0.39 is 0 Å². The molecule has 0 aromatic carbocycles. The maximum absolute atomic E-state index is 12.0. The van der Waals surface area contributed by atoms with Gasteiger partial charge in [0.05, 0.1) is 0 Å². The second-order valence-electron chi connectivity index (χ2n) is 11.1. The molecule has 3 nitrogen and oxygen atoms in total. The number of carbonyl (C=O) groups is 2. The van der Waals surface area contributed by atoms with Crippen molar-refractivity contribution >= 4 is 11.7 Å². The molecule has 8 unspecified atom stereocenters. The van der Waals surface area contributed by atoms with E-state index in [0.29, 0.717) is 34.9 Å². The highest BCUT2D eigenvalue weighted by Gasteiger charge is 2.60. The fourth-order valence-electron chi connectivity index (χ4n) is 8.59. The number of amides is 1. The predicted molar refractivity (Wildman–Crippen MR) is 108 cm³/mol. The van der Waals surface area contributed by atoms with Crippen LogP contribution < -0.4 is 5.73 Å². The molecule has 0 aromatic heterocycles. The third kappa shape index (κ3) is 3.08. The van der Waals surface area contributed by atoms with Crippen LogP contribution >= 0.6 is 0 Å². The van der Waals surface area contributed by atoms with Crippen molar-refractivity contribution in [3.05, 3.63) is 0 Å². The Morgan fingerprint density at radius 2 is 1.81 bits per heavy atom. The summed E-state index contributed by atoms with van der Waals surface area (Å²) >= 11 is 0. The number of rotatable bonds is 4. The molecule has 0 saturated heterocycles. The first-order valence-corrected chi connectivity index (χ1v) is 11.6. The summed E-state index contributed by atoms with van der Waals surface area (Å²) in [6.45, 7) is 7.47. The Kier molecular flexibility index (Phi) is 4.96. The Bertz CT molecular complexity index is 616. The first-order valence-electron chi connectivity index (χ1n) is 11.6. The van der Waals surface area contributed by atoms with Crippen LogP contribution in [0.2, 0.25) is 0 Å². The van der Waals surface area contributed by atoms with E-state index >= 15 is 0 Å². The summed E-state index contributed by atoms with van der Waals surface area (Å²) in [5.74, 6) is 4.92. The lowest BCUT2D eigenvalue weighted by molar-refractivity contribution is -0.140. The fourth-order valence-corrected chi connectivity index (χ4v) is 8.59. The van der Waals surface area contributed by atoms with Crippen LogP contribution in [0, 0.1) is 46.3 Å². The minimum absolute atomic E-state index is 0.150. The van der Waals surface area contributed by atoms with E-state index in [0.717, 1.165) is 49.4 Å². The quantitative estimate of drug-likeness (QED) is 0.744. The zero-order chi connectivity index (χ0) is 19.4. The van der Waals surface area contributed by atoms with Crippen molar-refractivity contribution in [2.45, 2.75) is 91.4 Å². The van der Waals surface area contributed by atoms with Crippen LogP contribution in [-0.4, -0.2) is 11.7 Å². The van der Waals surface area contributed by atoms with E-state index in [9.17, 15) is 9.59 Å². The minimum atomic E-state index is -0.150. The average molecular weight is 374 g/mol. The van der Waals surface area contributed by atoms with Crippen molar-refractivity contribution in [2.75, 3.05) is 0 Å². The number of hydrogen-bond donors (Lipinski definition) is 1. The van der Waals surface area contributed by atoms with Crippen LogP contribution in [0.4, 0.5) is 0 Å². The highest BCUT2D eigenvalue weighted by Crippen LogP contribution is 2.68. The van der Waals surface area contributed by atoms with Gasteiger partial charge >= 0.3 is 0 Å². The zero-order valence-corrected chi connectivity index (χ0v) is 17.6. The Balaban J connectivity index is 1.52. The number of Topliss-reactive ketones (excluding diaryl/α,β-unsaturated/α-hetero) is 1. The molecule has 27 heavy (non-hydrogen) atoms. The number of nitrogens with two attached hydrogens (primary N) is 1. The van der Waals surface area contributed by atoms with Crippen molar-refractivity contribution in [1.82, 2.24) is 0 Å². The smallest absolute Gasteiger partial charge is 0.217 e. The van der Waals surface area contributed by atoms with E-state index in [4.69, 9.17) is 5.73 Å². The molecule has 0 heterocycles. The molecule has 8 atom stereocenters. The molecular weight excluding hydrogens is 334 g/mol. The molecule has 2 N–H and O–H groups in total. The van der Waals surface area contributed by atoms with E-state index in [-0.39, 0.29) is 5.91 Å². The highest BCUT2D eigenvalue weighted by molar-refractivity contribution is 5.79. The lowest BCUT2D eigenvalue weighted by Gasteiger charge is -2.60. The molecule has 4 aliphatic rings. The first-order chi connectivity index (χ1) is 12.8. The fraction of sp³-hybridized carbons (Fsp3) is 0.917. The van der Waals surface area contributed by atoms with Crippen molar-refractivity contribution in [3.63, 3.8) is 0 Å². The molecule has 4 aliphatic carbocycles. The van der Waals surface area contributed by atoms with Crippen molar-refractivity contribution < 1.29 is 9.59 Å². The maximum atomic E-state index is 12.0. The van der Waals surface area contributed by atoms with Gasteiger partial charge in [0.1, 0.15) is 5.78 Å². The molecule has 3 heteroatoms. The maximum Gasteiger partial charge on any atom is 0.217 e. The Labute approximate surface area is 165 Å². The summed E-state index contributed by atoms with van der Waals surface area (Å²) in [7, 11) is 0. The summed E-state index contributed by atoms with van der Waals surface area (Å²) in [4.78, 5) is 23.3. The second kappa shape index (κ2) is 6.88. The van der Waals surface area contributed by atoms with E-state index in [1.54, 1.807) is 0 Å².